The van der Waals surface area contributed by atoms with E-state index in [-0.39, 0.29) is 11.7 Å². The highest BCUT2D eigenvalue weighted by molar-refractivity contribution is 7.08. The van der Waals surface area contributed by atoms with Gasteiger partial charge in [-0.3, -0.25) is 4.79 Å². The van der Waals surface area contributed by atoms with Crippen molar-refractivity contribution in [1.29, 1.82) is 0 Å². The van der Waals surface area contributed by atoms with Crippen LogP contribution in [0.3, 0.4) is 0 Å². The van der Waals surface area contributed by atoms with Gasteiger partial charge in [0.1, 0.15) is 18.2 Å². The molecule has 0 bridgehead atoms. The molecular weight excluding hydrogens is 265 g/mol. The molecule has 1 amide bonds. The van der Waals surface area contributed by atoms with Crippen LogP contribution in [0, 0.1) is 5.82 Å². The van der Waals surface area contributed by atoms with Crippen molar-refractivity contribution in [3.05, 3.63) is 52.5 Å². The first-order valence-corrected chi connectivity index (χ1v) is 6.77. The number of halogens is 1. The van der Waals surface area contributed by atoms with E-state index in [2.05, 4.69) is 0 Å². The Labute approximate surface area is 115 Å². The van der Waals surface area contributed by atoms with Crippen molar-refractivity contribution in [1.82, 2.24) is 4.90 Å². The van der Waals surface area contributed by atoms with Gasteiger partial charge in [0, 0.05) is 12.4 Å². The van der Waals surface area contributed by atoms with Gasteiger partial charge in [0.05, 0.1) is 12.1 Å². The summed E-state index contributed by atoms with van der Waals surface area (Å²) in [7, 11) is 1.73. The van der Waals surface area contributed by atoms with Crippen molar-refractivity contribution in [2.45, 2.75) is 0 Å². The molecule has 1 aromatic carbocycles. The Bertz CT molecular complexity index is 525. The minimum atomic E-state index is -0.294. The largest absolute Gasteiger partial charge is 0.492 e. The second-order valence-electron chi connectivity index (χ2n) is 4.04. The number of amides is 1. The van der Waals surface area contributed by atoms with Gasteiger partial charge in [0.15, 0.2) is 0 Å². The van der Waals surface area contributed by atoms with Crippen molar-refractivity contribution in [2.24, 2.45) is 0 Å². The number of hydrogen-bond acceptors (Lipinski definition) is 3. The van der Waals surface area contributed by atoms with Gasteiger partial charge in [-0.1, -0.05) is 0 Å². The quantitative estimate of drug-likeness (QED) is 0.842. The van der Waals surface area contributed by atoms with Crippen LogP contribution in [0.15, 0.2) is 41.1 Å². The second-order valence-corrected chi connectivity index (χ2v) is 4.82. The smallest absolute Gasteiger partial charge is 0.254 e. The van der Waals surface area contributed by atoms with Crippen LogP contribution in [0.4, 0.5) is 4.39 Å². The molecule has 0 unspecified atom stereocenters. The topological polar surface area (TPSA) is 29.5 Å². The number of carbonyl (C=O) groups excluding carboxylic acids is 1. The highest BCUT2D eigenvalue weighted by Crippen LogP contribution is 2.11. The fourth-order valence-electron chi connectivity index (χ4n) is 1.54. The van der Waals surface area contributed by atoms with Crippen LogP contribution in [0.1, 0.15) is 10.4 Å². The van der Waals surface area contributed by atoms with Crippen LogP contribution in [0.5, 0.6) is 5.75 Å². The fourth-order valence-corrected chi connectivity index (χ4v) is 2.17. The van der Waals surface area contributed by atoms with E-state index in [1.807, 2.05) is 10.8 Å². The molecule has 0 fully saturated rings. The van der Waals surface area contributed by atoms with Gasteiger partial charge in [0.2, 0.25) is 0 Å². The summed E-state index contributed by atoms with van der Waals surface area (Å²) >= 11 is 1.49. The minimum absolute atomic E-state index is 0.0241. The van der Waals surface area contributed by atoms with Crippen molar-refractivity contribution < 1.29 is 13.9 Å². The molecule has 0 radical (unpaired) electrons. The van der Waals surface area contributed by atoms with Crippen molar-refractivity contribution in [3.8, 4) is 5.75 Å². The molecule has 0 spiro atoms. The first kappa shape index (κ1) is 13.5. The summed E-state index contributed by atoms with van der Waals surface area (Å²) in [6, 6.07) is 7.61. The van der Waals surface area contributed by atoms with E-state index < -0.39 is 0 Å². The minimum Gasteiger partial charge on any atom is -0.492 e. The van der Waals surface area contributed by atoms with E-state index >= 15 is 0 Å². The number of likely N-dealkylation sites (N-methyl/N-ethyl adjacent to an activating group) is 1. The van der Waals surface area contributed by atoms with Crippen LogP contribution in [-0.4, -0.2) is 31.0 Å². The van der Waals surface area contributed by atoms with Crippen LogP contribution < -0.4 is 4.74 Å². The van der Waals surface area contributed by atoms with Crippen LogP contribution in [-0.2, 0) is 0 Å². The molecule has 3 nitrogen and oxygen atoms in total. The summed E-state index contributed by atoms with van der Waals surface area (Å²) in [5.74, 6) is 0.277. The molecule has 0 N–H and O–H groups in total. The summed E-state index contributed by atoms with van der Waals surface area (Å²) in [5.41, 5.74) is 0.689. The molecular formula is C14H14FNO2S. The zero-order valence-corrected chi connectivity index (χ0v) is 11.3. The van der Waals surface area contributed by atoms with Crippen LogP contribution in [0.25, 0.3) is 0 Å². The SMILES string of the molecule is CN(CCOc1ccc(F)cc1)C(=O)c1ccsc1. The van der Waals surface area contributed by atoms with Gasteiger partial charge >= 0.3 is 0 Å². The maximum atomic E-state index is 12.7. The third-order valence-electron chi connectivity index (χ3n) is 2.62. The predicted octanol–water partition coefficient (Wildman–Crippen LogP) is 3.04. The molecule has 2 aromatic rings. The zero-order chi connectivity index (χ0) is 13.7. The third-order valence-corrected chi connectivity index (χ3v) is 3.31. The summed E-state index contributed by atoms with van der Waals surface area (Å²) in [4.78, 5) is 13.5. The number of rotatable bonds is 5. The first-order chi connectivity index (χ1) is 9.16. The normalized spacial score (nSPS) is 10.2. The van der Waals surface area contributed by atoms with Crippen LogP contribution >= 0.6 is 11.3 Å². The average molecular weight is 279 g/mol. The Kier molecular flexibility index (Phi) is 4.52. The molecule has 19 heavy (non-hydrogen) atoms. The number of hydrogen-bond donors (Lipinski definition) is 0. The number of carbonyl (C=O) groups is 1. The average Bonchev–Trinajstić information content (AvgIpc) is 2.94. The maximum absolute atomic E-state index is 12.7. The lowest BCUT2D eigenvalue weighted by atomic mass is 10.3. The molecule has 1 aromatic heterocycles. The van der Waals surface area contributed by atoms with Crippen molar-refractivity contribution in [2.75, 3.05) is 20.2 Å². The molecule has 0 aliphatic carbocycles. The van der Waals surface area contributed by atoms with E-state index in [0.717, 1.165) is 0 Å². The summed E-state index contributed by atoms with van der Waals surface area (Å²) < 4.78 is 18.1. The standard InChI is InChI=1S/C14H14FNO2S/c1-16(14(17)11-6-9-19-10-11)7-8-18-13-4-2-12(15)3-5-13/h2-6,9-10H,7-8H2,1H3. The van der Waals surface area contributed by atoms with E-state index in [4.69, 9.17) is 4.74 Å². The molecule has 0 atom stereocenters. The number of ether oxygens (including phenoxy) is 1. The second kappa shape index (κ2) is 6.33. The molecule has 1 heterocycles. The lowest BCUT2D eigenvalue weighted by Gasteiger charge is -2.16. The molecule has 0 saturated heterocycles. The molecule has 5 heteroatoms. The van der Waals surface area contributed by atoms with Gasteiger partial charge in [-0.25, -0.2) is 4.39 Å². The molecule has 0 saturated carbocycles. The van der Waals surface area contributed by atoms with Gasteiger partial charge < -0.3 is 9.64 Å². The number of benzene rings is 1. The highest BCUT2D eigenvalue weighted by Gasteiger charge is 2.11. The third kappa shape index (κ3) is 3.79. The van der Waals surface area contributed by atoms with E-state index in [0.29, 0.717) is 24.5 Å². The fraction of sp³-hybridized carbons (Fsp3) is 0.214. The first-order valence-electron chi connectivity index (χ1n) is 5.83. The van der Waals surface area contributed by atoms with Gasteiger partial charge in [0.25, 0.3) is 5.91 Å². The monoisotopic (exact) mass is 279 g/mol. The van der Waals surface area contributed by atoms with Gasteiger partial charge in [-0.15, -0.1) is 0 Å². The Hall–Kier alpha value is -1.88. The summed E-state index contributed by atoms with van der Waals surface area (Å²) in [5, 5.41) is 3.69. The van der Waals surface area contributed by atoms with E-state index in [9.17, 15) is 9.18 Å². The Morgan fingerprint density at radius 1 is 1.32 bits per heavy atom. The number of thiophene rings is 1. The molecule has 0 aliphatic rings. The predicted molar refractivity (Wildman–Crippen MR) is 73.2 cm³/mol. The Morgan fingerprint density at radius 3 is 2.68 bits per heavy atom. The maximum Gasteiger partial charge on any atom is 0.254 e. The lowest BCUT2D eigenvalue weighted by Crippen LogP contribution is -2.30. The molecule has 0 aliphatic heterocycles. The van der Waals surface area contributed by atoms with Crippen molar-refractivity contribution in [3.63, 3.8) is 0 Å². The van der Waals surface area contributed by atoms with Crippen LogP contribution in [0.2, 0.25) is 0 Å². The Morgan fingerprint density at radius 2 is 2.05 bits per heavy atom. The van der Waals surface area contributed by atoms with Gasteiger partial charge in [-0.2, -0.15) is 11.3 Å². The zero-order valence-electron chi connectivity index (χ0n) is 10.5. The van der Waals surface area contributed by atoms with E-state index in [1.54, 1.807) is 30.1 Å². The lowest BCUT2D eigenvalue weighted by molar-refractivity contribution is 0.0774. The number of nitrogens with zero attached hydrogens (tertiary/aromatic N) is 1. The van der Waals surface area contributed by atoms with Gasteiger partial charge in [-0.05, 0) is 35.7 Å². The van der Waals surface area contributed by atoms with Crippen molar-refractivity contribution >= 4 is 17.2 Å². The highest BCUT2D eigenvalue weighted by atomic mass is 32.1. The summed E-state index contributed by atoms with van der Waals surface area (Å²) in [6.07, 6.45) is 0. The molecule has 2 rings (SSSR count). The van der Waals surface area contributed by atoms with E-state index in [1.165, 1.54) is 23.5 Å². The summed E-state index contributed by atoms with van der Waals surface area (Å²) in [6.45, 7) is 0.851. The Balaban J connectivity index is 1.79. The molecule has 100 valence electrons.